The van der Waals surface area contributed by atoms with Gasteiger partial charge in [-0.15, -0.1) is 0 Å². The van der Waals surface area contributed by atoms with Gasteiger partial charge in [0.05, 0.1) is 6.26 Å². The molecule has 136 valence electrons. The molecule has 5 rings (SSSR count). The SMILES string of the molecule is O=C(CCCc1nc(-c2ccco2)no1)NC[C@H]1C[C@H]2C=C[C@H]1C21CC1. The molecule has 2 bridgehead atoms. The van der Waals surface area contributed by atoms with Gasteiger partial charge in [-0.25, -0.2) is 0 Å². The lowest BCUT2D eigenvalue weighted by molar-refractivity contribution is -0.121. The zero-order chi connectivity index (χ0) is 17.6. The van der Waals surface area contributed by atoms with Crippen LogP contribution >= 0.6 is 0 Å². The van der Waals surface area contributed by atoms with E-state index < -0.39 is 0 Å². The highest BCUT2D eigenvalue weighted by Crippen LogP contribution is 2.69. The van der Waals surface area contributed by atoms with Crippen molar-refractivity contribution in [1.82, 2.24) is 15.5 Å². The molecule has 0 unspecified atom stereocenters. The van der Waals surface area contributed by atoms with Crippen LogP contribution in [0, 0.1) is 23.2 Å². The van der Waals surface area contributed by atoms with E-state index in [2.05, 4.69) is 27.6 Å². The van der Waals surface area contributed by atoms with Crippen LogP contribution in [0.15, 0.2) is 39.5 Å². The summed E-state index contributed by atoms with van der Waals surface area (Å²) in [5, 5.41) is 7.03. The Morgan fingerprint density at radius 2 is 2.27 bits per heavy atom. The number of furan rings is 1. The van der Waals surface area contributed by atoms with Crippen molar-refractivity contribution in [2.75, 3.05) is 6.54 Å². The summed E-state index contributed by atoms with van der Waals surface area (Å²) in [4.78, 5) is 16.5. The first-order chi connectivity index (χ1) is 12.7. The van der Waals surface area contributed by atoms with Crippen LogP contribution in [0.2, 0.25) is 0 Å². The van der Waals surface area contributed by atoms with E-state index in [1.54, 1.807) is 18.4 Å². The van der Waals surface area contributed by atoms with Gasteiger partial charge >= 0.3 is 0 Å². The summed E-state index contributed by atoms with van der Waals surface area (Å²) in [7, 11) is 0. The summed E-state index contributed by atoms with van der Waals surface area (Å²) in [5.41, 5.74) is 0.596. The quantitative estimate of drug-likeness (QED) is 0.772. The standard InChI is InChI=1S/C20H23N3O3/c24-17(21-12-13-11-14-6-7-15(13)20(14)8-9-20)4-1-5-18-22-19(23-26-18)16-3-2-10-25-16/h2-3,6-7,10,13-15H,1,4-5,8-9,11-12H2,(H,21,24)/t13-,14-,15-/m1/s1. The molecule has 2 aromatic heterocycles. The van der Waals surface area contributed by atoms with Crippen LogP contribution in [0.4, 0.5) is 0 Å². The molecule has 1 amide bonds. The molecular formula is C20H23N3O3. The lowest BCUT2D eigenvalue weighted by Crippen LogP contribution is -2.31. The minimum atomic E-state index is 0.118. The Labute approximate surface area is 152 Å². The van der Waals surface area contributed by atoms with E-state index in [1.165, 1.54) is 19.3 Å². The maximum Gasteiger partial charge on any atom is 0.238 e. The molecule has 2 heterocycles. The van der Waals surface area contributed by atoms with Crippen molar-refractivity contribution in [3.8, 4) is 11.6 Å². The normalized spacial score (nSPS) is 27.3. The third kappa shape index (κ3) is 2.68. The largest absolute Gasteiger partial charge is 0.461 e. The highest BCUT2D eigenvalue weighted by molar-refractivity contribution is 5.75. The van der Waals surface area contributed by atoms with Gasteiger partial charge in [0.2, 0.25) is 17.6 Å². The number of amides is 1. The zero-order valence-corrected chi connectivity index (χ0v) is 14.7. The molecule has 0 aromatic carbocycles. The minimum Gasteiger partial charge on any atom is -0.461 e. The van der Waals surface area contributed by atoms with Gasteiger partial charge in [0.25, 0.3) is 0 Å². The number of nitrogens with zero attached hydrogens (tertiary/aromatic N) is 2. The molecule has 2 fully saturated rings. The van der Waals surface area contributed by atoms with Gasteiger partial charge in [0, 0.05) is 19.4 Å². The summed E-state index contributed by atoms with van der Waals surface area (Å²) in [6.07, 6.45) is 12.2. The fourth-order valence-electron chi connectivity index (χ4n) is 4.95. The van der Waals surface area contributed by atoms with Crippen LogP contribution in [-0.4, -0.2) is 22.6 Å². The average molecular weight is 353 g/mol. The summed E-state index contributed by atoms with van der Waals surface area (Å²) in [6.45, 7) is 0.815. The van der Waals surface area contributed by atoms with Crippen molar-refractivity contribution in [3.63, 3.8) is 0 Å². The third-order valence-electron chi connectivity index (χ3n) is 6.41. The first kappa shape index (κ1) is 15.9. The summed E-state index contributed by atoms with van der Waals surface area (Å²) >= 11 is 0. The number of hydrogen-bond donors (Lipinski definition) is 1. The molecule has 3 aliphatic rings. The fourth-order valence-corrected chi connectivity index (χ4v) is 4.95. The lowest BCUT2D eigenvalue weighted by Gasteiger charge is -2.20. The first-order valence-electron chi connectivity index (χ1n) is 9.56. The predicted molar refractivity (Wildman–Crippen MR) is 93.8 cm³/mol. The van der Waals surface area contributed by atoms with Crippen LogP contribution < -0.4 is 5.32 Å². The maximum absolute atomic E-state index is 12.2. The van der Waals surface area contributed by atoms with Gasteiger partial charge in [-0.3, -0.25) is 4.79 Å². The zero-order valence-electron chi connectivity index (χ0n) is 14.7. The second-order valence-corrected chi connectivity index (χ2v) is 7.89. The molecule has 0 aliphatic heterocycles. The van der Waals surface area contributed by atoms with Gasteiger partial charge < -0.3 is 14.3 Å². The number of aryl methyl sites for hydroxylation is 1. The van der Waals surface area contributed by atoms with Gasteiger partial charge in [-0.05, 0) is 61.0 Å². The molecule has 2 aromatic rings. The van der Waals surface area contributed by atoms with E-state index in [1.807, 2.05) is 0 Å². The summed E-state index contributed by atoms with van der Waals surface area (Å²) < 4.78 is 10.5. The smallest absolute Gasteiger partial charge is 0.238 e. The molecule has 0 radical (unpaired) electrons. The van der Waals surface area contributed by atoms with Gasteiger partial charge in [-0.1, -0.05) is 17.3 Å². The highest BCUT2D eigenvalue weighted by Gasteiger charge is 2.62. The molecule has 6 heteroatoms. The molecule has 6 nitrogen and oxygen atoms in total. The number of aromatic nitrogens is 2. The number of rotatable bonds is 7. The van der Waals surface area contributed by atoms with Crippen molar-refractivity contribution < 1.29 is 13.7 Å². The second kappa shape index (κ2) is 6.11. The van der Waals surface area contributed by atoms with E-state index in [0.717, 1.165) is 12.5 Å². The third-order valence-corrected chi connectivity index (χ3v) is 6.41. The Morgan fingerprint density at radius 1 is 1.35 bits per heavy atom. The van der Waals surface area contributed by atoms with Gasteiger partial charge in [-0.2, -0.15) is 4.98 Å². The molecular weight excluding hydrogens is 330 g/mol. The van der Waals surface area contributed by atoms with E-state index in [9.17, 15) is 4.79 Å². The lowest BCUT2D eigenvalue weighted by atomic mass is 9.89. The van der Waals surface area contributed by atoms with E-state index in [-0.39, 0.29) is 5.91 Å². The van der Waals surface area contributed by atoms with Crippen molar-refractivity contribution in [1.29, 1.82) is 0 Å². The number of hydrogen-bond acceptors (Lipinski definition) is 5. The van der Waals surface area contributed by atoms with Crippen LogP contribution in [0.3, 0.4) is 0 Å². The topological polar surface area (TPSA) is 81.2 Å². The van der Waals surface area contributed by atoms with Crippen molar-refractivity contribution in [3.05, 3.63) is 36.4 Å². The predicted octanol–water partition coefficient (Wildman–Crippen LogP) is 3.37. The van der Waals surface area contributed by atoms with E-state index >= 15 is 0 Å². The van der Waals surface area contributed by atoms with E-state index in [0.29, 0.717) is 54.0 Å². The van der Waals surface area contributed by atoms with Gasteiger partial charge in [0.15, 0.2) is 5.76 Å². The Balaban J connectivity index is 1.05. The van der Waals surface area contributed by atoms with Crippen molar-refractivity contribution >= 4 is 5.91 Å². The molecule has 26 heavy (non-hydrogen) atoms. The monoisotopic (exact) mass is 353 g/mol. The van der Waals surface area contributed by atoms with Gasteiger partial charge in [0.1, 0.15) is 0 Å². The summed E-state index contributed by atoms with van der Waals surface area (Å²) in [6, 6.07) is 3.57. The number of carbonyl (C=O) groups excluding carboxylic acids is 1. The first-order valence-corrected chi connectivity index (χ1v) is 9.56. The van der Waals surface area contributed by atoms with Crippen LogP contribution in [0.25, 0.3) is 11.6 Å². The van der Waals surface area contributed by atoms with Crippen LogP contribution in [-0.2, 0) is 11.2 Å². The number of allylic oxidation sites excluding steroid dienone is 2. The Kier molecular flexibility index (Phi) is 3.72. The molecule has 3 aliphatic carbocycles. The summed E-state index contributed by atoms with van der Waals surface area (Å²) in [5.74, 6) is 3.80. The Hall–Kier alpha value is -2.37. The van der Waals surface area contributed by atoms with Crippen LogP contribution in [0.1, 0.15) is 38.0 Å². The van der Waals surface area contributed by atoms with Crippen LogP contribution in [0.5, 0.6) is 0 Å². The van der Waals surface area contributed by atoms with Crippen molar-refractivity contribution in [2.45, 2.75) is 38.5 Å². The fraction of sp³-hybridized carbons (Fsp3) is 0.550. The minimum absolute atomic E-state index is 0.118. The maximum atomic E-state index is 12.2. The molecule has 2 saturated carbocycles. The molecule has 3 atom stereocenters. The molecule has 1 spiro atoms. The second-order valence-electron chi connectivity index (χ2n) is 7.89. The van der Waals surface area contributed by atoms with Crippen molar-refractivity contribution in [2.24, 2.45) is 23.2 Å². The number of carbonyl (C=O) groups is 1. The highest BCUT2D eigenvalue weighted by atomic mass is 16.5. The molecule has 0 saturated heterocycles. The Morgan fingerprint density at radius 3 is 3.04 bits per heavy atom. The average Bonchev–Trinajstić information content (AvgIpc) is 3.03. The Bertz CT molecular complexity index is 819. The number of nitrogens with one attached hydrogen (secondary N) is 1. The molecule has 1 N–H and O–H groups in total. The van der Waals surface area contributed by atoms with E-state index in [4.69, 9.17) is 8.94 Å².